The highest BCUT2D eigenvalue weighted by molar-refractivity contribution is 7.92. The summed E-state index contributed by atoms with van der Waals surface area (Å²) in [4.78, 5) is 28.8. The van der Waals surface area contributed by atoms with E-state index in [2.05, 4.69) is 5.32 Å². The third kappa shape index (κ3) is 7.69. The molecule has 0 aliphatic rings. The number of amides is 2. The molecule has 0 saturated heterocycles. The van der Waals surface area contributed by atoms with E-state index in [1.807, 2.05) is 77.1 Å². The van der Waals surface area contributed by atoms with Crippen LogP contribution in [0.2, 0.25) is 0 Å². The van der Waals surface area contributed by atoms with Crippen LogP contribution in [0.4, 0.5) is 5.69 Å². The minimum absolute atomic E-state index is 0.0944. The van der Waals surface area contributed by atoms with E-state index in [4.69, 9.17) is 0 Å². The van der Waals surface area contributed by atoms with Gasteiger partial charge in [-0.15, -0.1) is 0 Å². The SMILES string of the molecule is CC[C@@H](C(=O)NC(C)C)N(CCc1ccccc1)C(=O)CN(c1ccccc1C)S(=O)(=O)c1ccc(C)cc1. The van der Waals surface area contributed by atoms with Crippen molar-refractivity contribution in [3.8, 4) is 0 Å². The van der Waals surface area contributed by atoms with E-state index in [9.17, 15) is 18.0 Å². The first-order valence-electron chi connectivity index (χ1n) is 13.3. The topological polar surface area (TPSA) is 86.8 Å². The Bertz CT molecular complexity index is 1360. The molecule has 0 radical (unpaired) electrons. The minimum atomic E-state index is -4.08. The van der Waals surface area contributed by atoms with Gasteiger partial charge in [0.05, 0.1) is 10.6 Å². The van der Waals surface area contributed by atoms with Gasteiger partial charge in [0.1, 0.15) is 12.6 Å². The molecule has 208 valence electrons. The van der Waals surface area contributed by atoms with E-state index in [1.54, 1.807) is 36.4 Å². The van der Waals surface area contributed by atoms with Crippen LogP contribution in [0.25, 0.3) is 0 Å². The zero-order valence-corrected chi connectivity index (χ0v) is 24.2. The number of nitrogens with zero attached hydrogens (tertiary/aromatic N) is 2. The van der Waals surface area contributed by atoms with Gasteiger partial charge in [-0.3, -0.25) is 13.9 Å². The van der Waals surface area contributed by atoms with Crippen molar-refractivity contribution in [3.63, 3.8) is 0 Å². The van der Waals surface area contributed by atoms with Crippen molar-refractivity contribution in [1.29, 1.82) is 0 Å². The van der Waals surface area contributed by atoms with E-state index in [0.29, 0.717) is 18.5 Å². The number of aryl methyl sites for hydroxylation is 2. The molecule has 0 bridgehead atoms. The molecule has 8 heteroatoms. The fourth-order valence-electron chi connectivity index (χ4n) is 4.47. The lowest BCUT2D eigenvalue weighted by Gasteiger charge is -2.34. The number of sulfonamides is 1. The van der Waals surface area contributed by atoms with Gasteiger partial charge in [-0.05, 0) is 69.9 Å². The third-order valence-electron chi connectivity index (χ3n) is 6.57. The Balaban J connectivity index is 2.02. The number of nitrogens with one attached hydrogen (secondary N) is 1. The summed E-state index contributed by atoms with van der Waals surface area (Å²) >= 11 is 0. The van der Waals surface area contributed by atoms with Crippen molar-refractivity contribution in [2.75, 3.05) is 17.4 Å². The predicted octanol–water partition coefficient (Wildman–Crippen LogP) is 4.87. The smallest absolute Gasteiger partial charge is 0.264 e. The van der Waals surface area contributed by atoms with Crippen LogP contribution >= 0.6 is 0 Å². The van der Waals surface area contributed by atoms with Crippen LogP contribution in [-0.4, -0.2) is 50.3 Å². The molecule has 0 spiro atoms. The molecule has 39 heavy (non-hydrogen) atoms. The molecular formula is C31H39N3O4S. The van der Waals surface area contributed by atoms with Crippen LogP contribution < -0.4 is 9.62 Å². The van der Waals surface area contributed by atoms with Crippen molar-refractivity contribution in [2.45, 2.75) is 64.4 Å². The van der Waals surface area contributed by atoms with Gasteiger partial charge in [0.25, 0.3) is 10.0 Å². The number of benzene rings is 3. The largest absolute Gasteiger partial charge is 0.352 e. The second kappa shape index (κ2) is 13.4. The first-order chi connectivity index (χ1) is 18.5. The van der Waals surface area contributed by atoms with Crippen molar-refractivity contribution in [2.24, 2.45) is 0 Å². The van der Waals surface area contributed by atoms with E-state index < -0.39 is 28.5 Å². The summed E-state index contributed by atoms with van der Waals surface area (Å²) in [6, 6.07) is 22.6. The lowest BCUT2D eigenvalue weighted by molar-refractivity contribution is -0.139. The quantitative estimate of drug-likeness (QED) is 0.349. The molecular weight excluding hydrogens is 510 g/mol. The number of hydrogen-bond donors (Lipinski definition) is 1. The van der Waals surface area contributed by atoms with Crippen LogP contribution in [0.15, 0.2) is 83.8 Å². The summed E-state index contributed by atoms with van der Waals surface area (Å²) in [5, 5.41) is 2.92. The maximum Gasteiger partial charge on any atom is 0.264 e. The summed E-state index contributed by atoms with van der Waals surface area (Å²) in [6.07, 6.45) is 0.932. The Morgan fingerprint density at radius 3 is 2.08 bits per heavy atom. The second-order valence-electron chi connectivity index (χ2n) is 10.0. The molecule has 7 nitrogen and oxygen atoms in total. The van der Waals surface area contributed by atoms with Crippen LogP contribution in [0.5, 0.6) is 0 Å². The van der Waals surface area contributed by atoms with E-state index >= 15 is 0 Å². The lowest BCUT2D eigenvalue weighted by Crippen LogP contribution is -2.54. The number of hydrogen-bond acceptors (Lipinski definition) is 4. The van der Waals surface area contributed by atoms with Gasteiger partial charge in [0.15, 0.2) is 0 Å². The Labute approximate surface area is 232 Å². The summed E-state index contributed by atoms with van der Waals surface area (Å²) in [6.45, 7) is 9.14. The first kappa shape index (κ1) is 29.9. The van der Waals surface area contributed by atoms with Crippen molar-refractivity contribution in [3.05, 3.63) is 95.6 Å². The minimum Gasteiger partial charge on any atom is -0.352 e. The molecule has 0 aliphatic heterocycles. The molecule has 0 fully saturated rings. The molecule has 0 unspecified atom stereocenters. The number of carbonyl (C=O) groups excluding carboxylic acids is 2. The highest BCUT2D eigenvalue weighted by Crippen LogP contribution is 2.27. The molecule has 3 aromatic rings. The van der Waals surface area contributed by atoms with Crippen LogP contribution in [-0.2, 0) is 26.0 Å². The lowest BCUT2D eigenvalue weighted by atomic mass is 10.1. The summed E-state index contributed by atoms with van der Waals surface area (Å²) < 4.78 is 29.0. The molecule has 0 heterocycles. The fraction of sp³-hybridized carbons (Fsp3) is 0.355. The van der Waals surface area contributed by atoms with Crippen LogP contribution in [0.3, 0.4) is 0 Å². The van der Waals surface area contributed by atoms with Crippen LogP contribution in [0.1, 0.15) is 43.9 Å². The number of para-hydroxylation sites is 1. The first-order valence-corrected chi connectivity index (χ1v) is 14.8. The average Bonchev–Trinajstić information content (AvgIpc) is 2.90. The van der Waals surface area contributed by atoms with Gasteiger partial charge >= 0.3 is 0 Å². The zero-order valence-electron chi connectivity index (χ0n) is 23.4. The van der Waals surface area contributed by atoms with Crippen molar-refractivity contribution < 1.29 is 18.0 Å². The molecule has 3 aromatic carbocycles. The summed E-state index contributed by atoms with van der Waals surface area (Å²) in [5.74, 6) is -0.687. The number of carbonyl (C=O) groups is 2. The zero-order chi connectivity index (χ0) is 28.6. The molecule has 3 rings (SSSR count). The van der Waals surface area contributed by atoms with E-state index in [0.717, 1.165) is 21.0 Å². The van der Waals surface area contributed by atoms with Gasteiger partial charge in [-0.25, -0.2) is 8.42 Å². The van der Waals surface area contributed by atoms with E-state index in [-0.39, 0.29) is 23.4 Å². The summed E-state index contributed by atoms with van der Waals surface area (Å²) in [7, 11) is -4.08. The number of rotatable bonds is 12. The second-order valence-corrected chi connectivity index (χ2v) is 11.9. The Morgan fingerprint density at radius 1 is 0.872 bits per heavy atom. The number of anilines is 1. The van der Waals surface area contributed by atoms with Gasteiger partial charge < -0.3 is 10.2 Å². The Kier molecular flexibility index (Phi) is 10.3. The predicted molar refractivity (Wildman–Crippen MR) is 156 cm³/mol. The van der Waals surface area contributed by atoms with Gasteiger partial charge in [-0.1, -0.05) is 73.2 Å². The Hall–Kier alpha value is -3.65. The summed E-state index contributed by atoms with van der Waals surface area (Å²) in [5.41, 5.74) is 3.11. The molecule has 1 atom stereocenters. The normalized spacial score (nSPS) is 12.2. The molecule has 1 N–H and O–H groups in total. The maximum atomic E-state index is 14.0. The monoisotopic (exact) mass is 549 g/mol. The fourth-order valence-corrected chi connectivity index (χ4v) is 5.95. The highest BCUT2D eigenvalue weighted by atomic mass is 32.2. The van der Waals surface area contributed by atoms with Crippen LogP contribution in [0, 0.1) is 13.8 Å². The average molecular weight is 550 g/mol. The van der Waals surface area contributed by atoms with Gasteiger partial charge in [-0.2, -0.15) is 0 Å². The molecule has 0 aromatic heterocycles. The molecule has 0 aliphatic carbocycles. The molecule has 2 amide bonds. The Morgan fingerprint density at radius 2 is 1.49 bits per heavy atom. The van der Waals surface area contributed by atoms with Crippen molar-refractivity contribution >= 4 is 27.5 Å². The standard InChI is InChI=1S/C31H39N3O4S/c1-6-28(31(36)32-23(2)3)33(21-20-26-13-8-7-9-14-26)30(35)22-34(29-15-11-10-12-25(29)5)39(37,38)27-18-16-24(4)17-19-27/h7-19,23,28H,6,20-22H2,1-5H3,(H,32,36)/t28-/m0/s1. The highest BCUT2D eigenvalue weighted by Gasteiger charge is 2.34. The maximum absolute atomic E-state index is 14.0. The van der Waals surface area contributed by atoms with E-state index in [1.165, 1.54) is 4.90 Å². The van der Waals surface area contributed by atoms with Gasteiger partial charge in [0, 0.05) is 12.6 Å². The van der Waals surface area contributed by atoms with Gasteiger partial charge in [0.2, 0.25) is 11.8 Å². The third-order valence-corrected chi connectivity index (χ3v) is 8.35. The van der Waals surface area contributed by atoms with Crippen molar-refractivity contribution in [1.82, 2.24) is 10.2 Å². The molecule has 0 saturated carbocycles.